The third kappa shape index (κ3) is 5.34. The minimum atomic E-state index is -0.417. The molecule has 3 aliphatic rings. The van der Waals surface area contributed by atoms with Crippen LogP contribution < -0.4 is 4.90 Å². The fraction of sp³-hybridized carbons (Fsp3) is 0.400. The van der Waals surface area contributed by atoms with Gasteiger partial charge >= 0.3 is 0 Å². The van der Waals surface area contributed by atoms with E-state index in [-0.39, 0.29) is 5.91 Å². The summed E-state index contributed by atoms with van der Waals surface area (Å²) in [6, 6.07) is 17.1. The maximum absolute atomic E-state index is 12.6. The normalized spacial score (nSPS) is 18.9. The Labute approximate surface area is 258 Å². The summed E-state index contributed by atoms with van der Waals surface area (Å²) < 4.78 is 0. The first-order valence-electron chi connectivity index (χ1n) is 15.7. The maximum atomic E-state index is 12.6. The van der Waals surface area contributed by atoms with Gasteiger partial charge in [-0.05, 0) is 86.9 Å². The van der Waals surface area contributed by atoms with Gasteiger partial charge in [-0.1, -0.05) is 12.1 Å². The van der Waals surface area contributed by atoms with E-state index in [0.717, 1.165) is 70.7 Å². The van der Waals surface area contributed by atoms with Crippen molar-refractivity contribution in [2.24, 2.45) is 0 Å². The smallest absolute Gasteiger partial charge is 0.254 e. The number of carbonyl (C=O) groups is 1. The number of amides is 1. The number of likely N-dealkylation sites (tertiary alicyclic amines) is 2. The van der Waals surface area contributed by atoms with Crippen molar-refractivity contribution in [3.8, 4) is 28.3 Å². The van der Waals surface area contributed by atoms with Gasteiger partial charge in [0.25, 0.3) is 5.91 Å². The number of benzene rings is 2. The summed E-state index contributed by atoms with van der Waals surface area (Å²) in [6.07, 6.45) is 5.88. The van der Waals surface area contributed by atoms with Crippen LogP contribution in [0.1, 0.15) is 34.3 Å². The number of anilines is 1. The third-order valence-corrected chi connectivity index (χ3v) is 9.71. The van der Waals surface area contributed by atoms with E-state index in [0.29, 0.717) is 30.3 Å². The van der Waals surface area contributed by atoms with Crippen molar-refractivity contribution >= 4 is 22.6 Å². The number of piperazine rings is 1. The Morgan fingerprint density at radius 3 is 2.39 bits per heavy atom. The molecule has 0 spiro atoms. The van der Waals surface area contributed by atoms with Gasteiger partial charge in [-0.15, -0.1) is 0 Å². The predicted molar refractivity (Wildman–Crippen MR) is 173 cm³/mol. The molecule has 7 rings (SSSR count). The topological polar surface area (TPSA) is 103 Å². The summed E-state index contributed by atoms with van der Waals surface area (Å²) in [6.45, 7) is 9.18. The molecule has 0 unspecified atom stereocenters. The van der Waals surface area contributed by atoms with Gasteiger partial charge in [0.15, 0.2) is 0 Å². The molecule has 2 aromatic carbocycles. The van der Waals surface area contributed by atoms with E-state index in [2.05, 4.69) is 51.9 Å². The molecule has 3 saturated heterocycles. The molecule has 0 atom stereocenters. The standard InChI is InChI=1S/C35H39N7O2/c1-23-15-26(16-27(18-36)33(23)41-13-11-40(12-14-41)29-7-9-39(2)10-8-29)28-17-31-32(20-38-34(31)37-19-28)24-3-5-25(6-4-24)35(44)42-21-30(43)22-42/h3-6,15-17,19-20,29-30,43H,7-14,21-22H2,1-2H3,(H,37,38). The summed E-state index contributed by atoms with van der Waals surface area (Å²) in [5.74, 6) is -0.0593. The minimum absolute atomic E-state index is 0.0593. The average Bonchev–Trinajstić information content (AvgIpc) is 3.46. The number of hydrogen-bond donors (Lipinski definition) is 2. The summed E-state index contributed by atoms with van der Waals surface area (Å²) in [4.78, 5) is 29.8. The number of aromatic nitrogens is 2. The lowest BCUT2D eigenvalue weighted by Gasteiger charge is -2.43. The van der Waals surface area contributed by atoms with Crippen molar-refractivity contribution in [2.45, 2.75) is 31.9 Å². The molecule has 0 bridgehead atoms. The van der Waals surface area contributed by atoms with Crippen LogP contribution in [0.3, 0.4) is 0 Å². The number of fused-ring (bicyclic) bond motifs is 1. The van der Waals surface area contributed by atoms with Gasteiger partial charge in [-0.3, -0.25) is 9.69 Å². The van der Waals surface area contributed by atoms with Crippen LogP contribution in [0.5, 0.6) is 0 Å². The first kappa shape index (κ1) is 28.5. The highest BCUT2D eigenvalue weighted by Crippen LogP contribution is 2.35. The molecule has 2 aromatic heterocycles. The van der Waals surface area contributed by atoms with Gasteiger partial charge in [-0.2, -0.15) is 5.26 Å². The monoisotopic (exact) mass is 589 g/mol. The molecule has 1 amide bonds. The minimum Gasteiger partial charge on any atom is -0.389 e. The van der Waals surface area contributed by atoms with Crippen molar-refractivity contribution < 1.29 is 9.90 Å². The molecule has 9 nitrogen and oxygen atoms in total. The number of carbonyl (C=O) groups excluding carboxylic acids is 1. The fourth-order valence-corrected chi connectivity index (χ4v) is 7.12. The number of aliphatic hydroxyl groups excluding tert-OH is 1. The van der Waals surface area contributed by atoms with Crippen molar-refractivity contribution in [3.05, 3.63) is 71.5 Å². The van der Waals surface area contributed by atoms with E-state index in [1.165, 1.54) is 25.9 Å². The van der Waals surface area contributed by atoms with E-state index in [9.17, 15) is 15.2 Å². The van der Waals surface area contributed by atoms with Crippen LogP contribution in [0.4, 0.5) is 5.69 Å². The molecule has 0 radical (unpaired) electrons. The summed E-state index contributed by atoms with van der Waals surface area (Å²) >= 11 is 0. The summed E-state index contributed by atoms with van der Waals surface area (Å²) in [5.41, 5.74) is 8.19. The zero-order valence-corrected chi connectivity index (χ0v) is 25.5. The van der Waals surface area contributed by atoms with Crippen LogP contribution in [0.2, 0.25) is 0 Å². The number of aryl methyl sites for hydroxylation is 1. The molecule has 2 N–H and O–H groups in total. The van der Waals surface area contributed by atoms with Crippen LogP contribution in [0, 0.1) is 18.3 Å². The zero-order chi connectivity index (χ0) is 30.4. The first-order chi connectivity index (χ1) is 21.4. The molecule has 3 aliphatic heterocycles. The van der Waals surface area contributed by atoms with Crippen LogP contribution >= 0.6 is 0 Å². The van der Waals surface area contributed by atoms with Crippen molar-refractivity contribution in [2.75, 3.05) is 64.3 Å². The van der Waals surface area contributed by atoms with E-state index in [4.69, 9.17) is 4.98 Å². The number of nitrogens with one attached hydrogen (secondary N) is 1. The van der Waals surface area contributed by atoms with Gasteiger partial charge in [0.2, 0.25) is 0 Å². The average molecular weight is 590 g/mol. The Morgan fingerprint density at radius 2 is 1.70 bits per heavy atom. The number of aromatic amines is 1. The van der Waals surface area contributed by atoms with Crippen molar-refractivity contribution in [1.29, 1.82) is 5.26 Å². The van der Waals surface area contributed by atoms with Gasteiger partial charge in [-0.25, -0.2) is 4.98 Å². The van der Waals surface area contributed by atoms with Gasteiger partial charge < -0.3 is 24.8 Å². The van der Waals surface area contributed by atoms with E-state index in [1.54, 1.807) is 4.90 Å². The van der Waals surface area contributed by atoms with Crippen LogP contribution in [-0.2, 0) is 0 Å². The first-order valence-corrected chi connectivity index (χ1v) is 15.7. The second kappa shape index (κ2) is 11.7. The zero-order valence-electron chi connectivity index (χ0n) is 25.5. The Kier molecular flexibility index (Phi) is 7.58. The summed E-state index contributed by atoms with van der Waals surface area (Å²) in [7, 11) is 2.21. The Bertz CT molecular complexity index is 1720. The largest absolute Gasteiger partial charge is 0.389 e. The number of pyridine rings is 1. The van der Waals surface area contributed by atoms with Crippen molar-refractivity contribution in [3.63, 3.8) is 0 Å². The van der Waals surface area contributed by atoms with Crippen LogP contribution in [0.25, 0.3) is 33.3 Å². The van der Waals surface area contributed by atoms with E-state index >= 15 is 0 Å². The maximum Gasteiger partial charge on any atom is 0.254 e. The number of piperidine rings is 1. The molecule has 9 heteroatoms. The molecule has 226 valence electrons. The second-order valence-corrected chi connectivity index (χ2v) is 12.6. The molecule has 0 aliphatic carbocycles. The quantitative estimate of drug-likeness (QED) is 0.361. The molecular formula is C35H39N7O2. The summed E-state index contributed by atoms with van der Waals surface area (Å²) in [5, 5.41) is 20.8. The molecule has 0 saturated carbocycles. The number of rotatable bonds is 5. The lowest BCUT2D eigenvalue weighted by molar-refractivity contribution is 0.00590. The van der Waals surface area contributed by atoms with Gasteiger partial charge in [0.05, 0.1) is 17.4 Å². The third-order valence-electron chi connectivity index (χ3n) is 9.71. The van der Waals surface area contributed by atoms with E-state index < -0.39 is 6.10 Å². The van der Waals surface area contributed by atoms with Gasteiger partial charge in [0.1, 0.15) is 11.7 Å². The number of nitrogens with zero attached hydrogens (tertiary/aromatic N) is 6. The fourth-order valence-electron chi connectivity index (χ4n) is 7.12. The Morgan fingerprint density at radius 1 is 0.977 bits per heavy atom. The van der Waals surface area contributed by atoms with E-state index in [1.807, 2.05) is 42.7 Å². The van der Waals surface area contributed by atoms with Gasteiger partial charge in [0, 0.05) is 79.8 Å². The highest BCUT2D eigenvalue weighted by molar-refractivity contribution is 5.98. The molecule has 5 heterocycles. The molecule has 4 aromatic rings. The number of nitriles is 1. The lowest BCUT2D eigenvalue weighted by Crippen LogP contribution is -2.53. The molecule has 3 fully saturated rings. The predicted octanol–water partition coefficient (Wildman–Crippen LogP) is 4.11. The molecule has 44 heavy (non-hydrogen) atoms. The molecular weight excluding hydrogens is 550 g/mol. The Balaban J connectivity index is 1.11. The number of H-pyrrole nitrogens is 1. The number of hydrogen-bond acceptors (Lipinski definition) is 7. The number of β-amino-alcohol motifs (C(OH)–C–C–N with tert-alkyl or cyclic N) is 1. The number of aliphatic hydroxyl groups is 1. The lowest BCUT2D eigenvalue weighted by atomic mass is 9.96. The highest BCUT2D eigenvalue weighted by atomic mass is 16.3. The van der Waals surface area contributed by atoms with Crippen molar-refractivity contribution in [1.82, 2.24) is 24.7 Å². The van der Waals surface area contributed by atoms with Crippen LogP contribution in [0.15, 0.2) is 54.9 Å². The van der Waals surface area contributed by atoms with Crippen LogP contribution in [-0.4, -0.2) is 107 Å². The highest BCUT2D eigenvalue weighted by Gasteiger charge is 2.30. The SMILES string of the molecule is Cc1cc(-c2cnc3[nH]cc(-c4ccc(C(=O)N5CC(O)C5)cc4)c3c2)cc(C#N)c1N1CCN(C2CCN(C)CC2)CC1. The second-order valence-electron chi connectivity index (χ2n) is 12.6. The Hall–Kier alpha value is -4.23.